The van der Waals surface area contributed by atoms with Crippen LogP contribution < -0.4 is 0 Å². The zero-order valence-electron chi connectivity index (χ0n) is 16.4. The normalized spacial score (nSPS) is 11.9. The lowest BCUT2D eigenvalue weighted by Gasteiger charge is -2.21. The van der Waals surface area contributed by atoms with Gasteiger partial charge in [0.1, 0.15) is 19.2 Å². The van der Waals surface area contributed by atoms with Gasteiger partial charge in [-0.05, 0) is 41.7 Å². The fraction of sp³-hybridized carbons (Fsp3) is 0.318. The van der Waals surface area contributed by atoms with Gasteiger partial charge in [-0.1, -0.05) is 45.0 Å². The minimum Gasteiger partial charge on any atom is -0.399 e. The van der Waals surface area contributed by atoms with Crippen LogP contribution >= 0.6 is 0 Å². The van der Waals surface area contributed by atoms with Crippen LogP contribution in [0, 0.1) is 5.82 Å². The quantitative estimate of drug-likeness (QED) is 0.287. The summed E-state index contributed by atoms with van der Waals surface area (Å²) in [5.41, 5.74) is 5.06. The second kappa shape index (κ2) is 9.21. The fourth-order valence-electron chi connectivity index (χ4n) is 3.00. The molecule has 0 bridgehead atoms. The van der Waals surface area contributed by atoms with Crippen LogP contribution in [0.2, 0.25) is 0 Å². The Labute approximate surface area is 159 Å². The van der Waals surface area contributed by atoms with E-state index in [-0.39, 0.29) is 17.7 Å². The number of benzene rings is 1. The molecule has 5 heteroatoms. The first-order valence-electron chi connectivity index (χ1n) is 8.92. The molecule has 0 fully saturated rings. The molecule has 27 heavy (non-hydrogen) atoms. The van der Waals surface area contributed by atoms with Gasteiger partial charge < -0.3 is 4.84 Å². The number of pyridine rings is 1. The van der Waals surface area contributed by atoms with Gasteiger partial charge in [0, 0.05) is 16.7 Å². The molecule has 0 saturated carbocycles. The van der Waals surface area contributed by atoms with Crippen LogP contribution in [0.3, 0.4) is 0 Å². The Kier molecular flexibility index (Phi) is 6.99. The van der Waals surface area contributed by atoms with Gasteiger partial charge in [-0.25, -0.2) is 4.39 Å². The van der Waals surface area contributed by atoms with E-state index in [9.17, 15) is 9.18 Å². The van der Waals surface area contributed by atoms with Crippen molar-refractivity contribution in [2.75, 3.05) is 7.11 Å². The molecule has 0 aliphatic heterocycles. The number of oxime groups is 1. The van der Waals surface area contributed by atoms with Crippen LogP contribution in [0.1, 0.15) is 62.0 Å². The van der Waals surface area contributed by atoms with Crippen molar-refractivity contribution in [2.45, 2.75) is 39.5 Å². The number of halogens is 1. The minimum atomic E-state index is -0.307. The molecule has 0 N–H and O–H groups in total. The average Bonchev–Trinajstić information content (AvgIpc) is 2.64. The van der Waals surface area contributed by atoms with E-state index in [4.69, 9.17) is 9.82 Å². The van der Waals surface area contributed by atoms with Crippen molar-refractivity contribution < 1.29 is 14.0 Å². The number of allylic oxidation sites excluding steroid dienone is 1. The molecular formula is C22H25FN2O2. The number of aromatic nitrogens is 1. The number of hydrogen-bond donors (Lipinski definition) is 0. The van der Waals surface area contributed by atoms with Crippen LogP contribution in [0.5, 0.6) is 0 Å². The molecule has 1 heterocycles. The van der Waals surface area contributed by atoms with Crippen LogP contribution in [0.4, 0.5) is 4.39 Å². The molecule has 2 aromatic rings. The first-order valence-corrected chi connectivity index (χ1v) is 8.92. The molecule has 4 nitrogen and oxygen atoms in total. The maximum Gasteiger partial charge on any atom is 0.142 e. The second-order valence-electron chi connectivity index (χ2n) is 6.81. The highest BCUT2D eigenvalue weighted by Gasteiger charge is 2.22. The Morgan fingerprint density at radius 2 is 1.63 bits per heavy atom. The highest BCUT2D eigenvalue weighted by Crippen LogP contribution is 2.36. The number of hydrogen-bond acceptors (Lipinski definition) is 4. The van der Waals surface area contributed by atoms with Gasteiger partial charge in [-0.3, -0.25) is 9.78 Å². The van der Waals surface area contributed by atoms with Gasteiger partial charge in [0.05, 0.1) is 17.6 Å². The number of nitrogens with zero attached hydrogens (tertiary/aromatic N) is 2. The second-order valence-corrected chi connectivity index (χ2v) is 6.81. The van der Waals surface area contributed by atoms with E-state index < -0.39 is 0 Å². The number of carbonyl (C=O) groups is 1. The molecule has 0 radical (unpaired) electrons. The smallest absolute Gasteiger partial charge is 0.142 e. The topological polar surface area (TPSA) is 51.6 Å². The summed E-state index contributed by atoms with van der Waals surface area (Å²) in [7, 11) is 1.48. The summed E-state index contributed by atoms with van der Waals surface area (Å²) < 4.78 is 13.5. The minimum absolute atomic E-state index is 0.140. The molecule has 2 rings (SSSR count). The van der Waals surface area contributed by atoms with E-state index in [2.05, 4.69) is 32.9 Å². The Hall–Kier alpha value is -2.82. The molecule has 142 valence electrons. The summed E-state index contributed by atoms with van der Waals surface area (Å²) in [6.45, 7) is 8.24. The lowest BCUT2D eigenvalue weighted by atomic mass is 9.87. The zero-order chi connectivity index (χ0) is 20.0. The predicted molar refractivity (Wildman–Crippen MR) is 108 cm³/mol. The number of carbonyl (C=O) groups excluding carboxylic acids is 1. The summed E-state index contributed by atoms with van der Waals surface area (Å²) in [4.78, 5) is 20.8. The van der Waals surface area contributed by atoms with E-state index in [0.717, 1.165) is 39.9 Å². The maximum atomic E-state index is 13.5. The Balaban J connectivity index is 2.98. The van der Waals surface area contributed by atoms with Gasteiger partial charge in [-0.2, -0.15) is 0 Å². The molecule has 1 aromatic heterocycles. The number of aldehydes is 1. The first kappa shape index (κ1) is 20.5. The van der Waals surface area contributed by atoms with Gasteiger partial charge in [0.15, 0.2) is 0 Å². The molecular weight excluding hydrogens is 343 g/mol. The monoisotopic (exact) mass is 368 g/mol. The third-order valence-corrected chi connectivity index (χ3v) is 4.19. The largest absolute Gasteiger partial charge is 0.399 e. The molecule has 1 aromatic carbocycles. The summed E-state index contributed by atoms with van der Waals surface area (Å²) >= 11 is 0. The van der Waals surface area contributed by atoms with Crippen LogP contribution in [-0.2, 0) is 9.63 Å². The van der Waals surface area contributed by atoms with Crippen LogP contribution in [0.15, 0.2) is 35.5 Å². The van der Waals surface area contributed by atoms with Gasteiger partial charge in [0.2, 0.25) is 0 Å². The van der Waals surface area contributed by atoms with Crippen molar-refractivity contribution in [3.63, 3.8) is 0 Å². The SMILES string of the molecule is CON=Cc1c(C(C)C)nc(C(C)C)c(C=CC=O)c1-c1ccc(F)cc1. The third kappa shape index (κ3) is 4.67. The van der Waals surface area contributed by atoms with Gasteiger partial charge in [-0.15, -0.1) is 0 Å². The van der Waals surface area contributed by atoms with Gasteiger partial charge in [0.25, 0.3) is 0 Å². The average molecular weight is 368 g/mol. The van der Waals surface area contributed by atoms with Gasteiger partial charge >= 0.3 is 0 Å². The van der Waals surface area contributed by atoms with Crippen molar-refractivity contribution in [1.29, 1.82) is 0 Å². The van der Waals surface area contributed by atoms with Crippen molar-refractivity contribution in [1.82, 2.24) is 4.98 Å². The summed E-state index contributed by atoms with van der Waals surface area (Å²) in [6.07, 6.45) is 5.56. The molecule has 0 amide bonds. The van der Waals surface area contributed by atoms with Crippen LogP contribution in [-0.4, -0.2) is 24.6 Å². The summed E-state index contributed by atoms with van der Waals surface area (Å²) in [5, 5.41) is 3.95. The van der Waals surface area contributed by atoms with E-state index in [1.54, 1.807) is 24.4 Å². The standard InChI is InChI=1S/C22H25FN2O2/c1-14(2)21-18(7-6-12-26)20(16-8-10-17(23)11-9-16)19(13-24-27-5)22(25-21)15(3)4/h6-15H,1-5H3. The maximum absolute atomic E-state index is 13.5. The molecule has 0 aliphatic carbocycles. The van der Waals surface area contributed by atoms with Crippen molar-refractivity contribution >= 4 is 18.6 Å². The first-order chi connectivity index (χ1) is 12.9. The van der Waals surface area contributed by atoms with E-state index in [1.165, 1.54) is 25.3 Å². The highest BCUT2D eigenvalue weighted by molar-refractivity contribution is 5.96. The molecule has 0 unspecified atom stereocenters. The molecule has 0 spiro atoms. The van der Waals surface area contributed by atoms with Crippen molar-refractivity contribution in [3.8, 4) is 11.1 Å². The van der Waals surface area contributed by atoms with E-state index in [1.807, 2.05) is 0 Å². The Morgan fingerprint density at radius 1 is 1.04 bits per heavy atom. The third-order valence-electron chi connectivity index (χ3n) is 4.19. The zero-order valence-corrected chi connectivity index (χ0v) is 16.4. The van der Waals surface area contributed by atoms with Crippen molar-refractivity contribution in [2.24, 2.45) is 5.16 Å². The molecule has 0 saturated heterocycles. The fourth-order valence-corrected chi connectivity index (χ4v) is 3.00. The lowest BCUT2D eigenvalue weighted by Crippen LogP contribution is -2.10. The highest BCUT2D eigenvalue weighted by atomic mass is 19.1. The summed E-state index contributed by atoms with van der Waals surface area (Å²) in [5.74, 6) is -0.0245. The Morgan fingerprint density at radius 3 is 2.15 bits per heavy atom. The van der Waals surface area contributed by atoms with E-state index in [0.29, 0.717) is 0 Å². The predicted octanol–water partition coefficient (Wildman–Crippen LogP) is 5.33. The van der Waals surface area contributed by atoms with Crippen LogP contribution in [0.25, 0.3) is 17.2 Å². The Bertz CT molecular complexity index is 854. The molecule has 0 aliphatic rings. The number of rotatable bonds is 7. The molecule has 0 atom stereocenters. The summed E-state index contributed by atoms with van der Waals surface area (Å²) in [6, 6.07) is 6.29. The lowest BCUT2D eigenvalue weighted by molar-refractivity contribution is -0.104. The van der Waals surface area contributed by atoms with E-state index >= 15 is 0 Å². The van der Waals surface area contributed by atoms with Crippen molar-refractivity contribution in [3.05, 3.63) is 58.7 Å².